The third-order valence-electron chi connectivity index (χ3n) is 4.12. The Morgan fingerprint density at radius 1 is 1.31 bits per heavy atom. The molecule has 0 aliphatic rings. The Kier molecular flexibility index (Phi) is 6.71. The van der Waals surface area contributed by atoms with Crippen molar-refractivity contribution in [3.05, 3.63) is 46.8 Å². The van der Waals surface area contributed by atoms with Crippen LogP contribution in [-0.4, -0.2) is 43.4 Å². The summed E-state index contributed by atoms with van der Waals surface area (Å²) in [5, 5.41) is 17.8. The van der Waals surface area contributed by atoms with Crippen LogP contribution in [0.5, 0.6) is 0 Å². The molecule has 0 spiro atoms. The summed E-state index contributed by atoms with van der Waals surface area (Å²) in [5.41, 5.74) is 1.52. The monoisotopic (exact) mass is 414 g/mol. The van der Waals surface area contributed by atoms with Gasteiger partial charge in [0, 0.05) is 29.1 Å². The van der Waals surface area contributed by atoms with Crippen molar-refractivity contribution in [1.29, 1.82) is 0 Å². The number of aryl methyl sites for hydroxylation is 1. The van der Waals surface area contributed by atoms with Crippen molar-refractivity contribution in [1.82, 2.24) is 19.7 Å². The van der Waals surface area contributed by atoms with Gasteiger partial charge in [0.15, 0.2) is 0 Å². The number of hydrogen-bond acceptors (Lipinski definition) is 6. The molecule has 2 heterocycles. The number of fused-ring (bicyclic) bond motifs is 1. The lowest BCUT2D eigenvalue weighted by atomic mass is 10.1. The van der Waals surface area contributed by atoms with E-state index in [2.05, 4.69) is 15.2 Å². The molecule has 0 radical (unpaired) electrons. The molecule has 0 atom stereocenters. The first-order valence-corrected chi connectivity index (χ1v) is 10.1. The maximum atomic E-state index is 11.9. The van der Waals surface area contributed by atoms with Gasteiger partial charge in [-0.2, -0.15) is 0 Å². The second-order valence-corrected chi connectivity index (χ2v) is 7.27. The van der Waals surface area contributed by atoms with Crippen LogP contribution in [0, 0.1) is 0 Å². The molecule has 2 aromatic heterocycles. The average Bonchev–Trinajstić information content (AvgIpc) is 3.27. The molecule has 0 bridgehead atoms. The van der Waals surface area contributed by atoms with Gasteiger partial charge in [0.1, 0.15) is 17.3 Å². The fourth-order valence-corrected chi connectivity index (χ4v) is 3.63. The van der Waals surface area contributed by atoms with Gasteiger partial charge in [-0.15, -0.1) is 5.10 Å². The van der Waals surface area contributed by atoms with Crippen LogP contribution in [0.4, 0.5) is 0 Å². The van der Waals surface area contributed by atoms with Gasteiger partial charge in [-0.05, 0) is 37.2 Å². The topological polar surface area (TPSA) is 110 Å². The number of carboxylic acids is 1. The fourth-order valence-electron chi connectivity index (χ4n) is 2.91. The number of H-pyrrole nitrogens is 1. The van der Waals surface area contributed by atoms with Gasteiger partial charge in [0.25, 0.3) is 0 Å². The number of nitrogens with zero attached hydrogens (tertiary/aromatic N) is 3. The molecule has 9 heteroatoms. The van der Waals surface area contributed by atoms with Crippen LogP contribution in [0.3, 0.4) is 0 Å². The number of hydrogen-bond donors (Lipinski definition) is 2. The molecule has 29 heavy (non-hydrogen) atoms. The maximum Gasteiger partial charge on any atom is 0.342 e. The second-order valence-electron chi connectivity index (χ2n) is 6.26. The summed E-state index contributed by atoms with van der Waals surface area (Å²) in [6.07, 6.45) is 5.00. The Balaban J connectivity index is 1.94. The van der Waals surface area contributed by atoms with E-state index >= 15 is 0 Å². The Labute approximate surface area is 172 Å². The first-order chi connectivity index (χ1) is 14.0. The number of esters is 1. The number of carboxylic acid groups (broad SMARTS) is 1. The van der Waals surface area contributed by atoms with E-state index in [0.29, 0.717) is 17.3 Å². The molecule has 8 nitrogen and oxygen atoms in total. The Morgan fingerprint density at radius 3 is 2.83 bits per heavy atom. The van der Waals surface area contributed by atoms with E-state index in [4.69, 9.17) is 4.74 Å². The normalized spacial score (nSPS) is 11.7. The highest BCUT2D eigenvalue weighted by molar-refractivity contribution is 8.04. The predicted octanol–water partition coefficient (Wildman–Crippen LogP) is 3.49. The van der Waals surface area contributed by atoms with Crippen molar-refractivity contribution < 1.29 is 19.4 Å². The van der Waals surface area contributed by atoms with Crippen molar-refractivity contribution in [2.75, 3.05) is 6.61 Å². The number of carbonyl (C=O) groups is 2. The van der Waals surface area contributed by atoms with Crippen molar-refractivity contribution in [3.63, 3.8) is 0 Å². The standard InChI is InChI=1S/C20H22N4O4S/c1-3-7-17-21-20(23-22-17)29-16(19(26)27)10-13-11-24(12-18(25)28-4-2)15-9-6-5-8-14(13)15/h5-6,8-11H,3-4,7,12H2,1-2H3,(H,26,27)(H,21,22,23)/b16-10-. The minimum absolute atomic E-state index is 0.0546. The number of para-hydroxylation sites is 1. The summed E-state index contributed by atoms with van der Waals surface area (Å²) in [6.45, 7) is 4.15. The Bertz CT molecular complexity index is 1050. The summed E-state index contributed by atoms with van der Waals surface area (Å²) in [4.78, 5) is 28.1. The van der Waals surface area contributed by atoms with Crippen molar-refractivity contribution in [2.24, 2.45) is 0 Å². The highest BCUT2D eigenvalue weighted by Crippen LogP contribution is 2.29. The molecule has 0 aliphatic carbocycles. The number of carbonyl (C=O) groups excluding carboxylic acids is 1. The highest BCUT2D eigenvalue weighted by Gasteiger charge is 2.16. The number of thioether (sulfide) groups is 1. The molecule has 0 saturated carbocycles. The van der Waals surface area contributed by atoms with E-state index < -0.39 is 5.97 Å². The summed E-state index contributed by atoms with van der Waals surface area (Å²) < 4.78 is 6.79. The molecule has 0 aliphatic heterocycles. The number of aromatic nitrogens is 4. The molecule has 3 rings (SSSR count). The lowest BCUT2D eigenvalue weighted by molar-refractivity contribution is -0.143. The number of rotatable bonds is 9. The van der Waals surface area contributed by atoms with Crippen LogP contribution in [0.15, 0.2) is 40.5 Å². The summed E-state index contributed by atoms with van der Waals surface area (Å²) >= 11 is 0.985. The van der Waals surface area contributed by atoms with Gasteiger partial charge in [-0.1, -0.05) is 25.1 Å². The molecule has 0 saturated heterocycles. The van der Waals surface area contributed by atoms with Crippen molar-refractivity contribution in [2.45, 2.75) is 38.4 Å². The van der Waals surface area contributed by atoms with Crippen LogP contribution in [0.1, 0.15) is 31.7 Å². The molecular formula is C20H22N4O4S. The van der Waals surface area contributed by atoms with E-state index in [0.717, 1.165) is 41.3 Å². The SMILES string of the molecule is CCCc1nc(S/C(=C\c2cn(CC(=O)OCC)c3ccccc23)C(=O)O)n[nH]1. The minimum atomic E-state index is -1.07. The van der Waals surface area contributed by atoms with Crippen LogP contribution < -0.4 is 0 Å². The second kappa shape index (κ2) is 9.42. The molecule has 0 amide bonds. The van der Waals surface area contributed by atoms with Gasteiger partial charge in [0.2, 0.25) is 5.16 Å². The molecule has 152 valence electrons. The minimum Gasteiger partial charge on any atom is -0.477 e. The Hall–Kier alpha value is -3.07. The smallest absolute Gasteiger partial charge is 0.342 e. The van der Waals surface area contributed by atoms with E-state index in [1.165, 1.54) is 0 Å². The van der Waals surface area contributed by atoms with E-state index in [9.17, 15) is 14.7 Å². The molecule has 1 aromatic carbocycles. The largest absolute Gasteiger partial charge is 0.477 e. The van der Waals surface area contributed by atoms with E-state index in [1.54, 1.807) is 23.8 Å². The average molecular weight is 414 g/mol. The van der Waals surface area contributed by atoms with E-state index in [1.807, 2.05) is 31.2 Å². The maximum absolute atomic E-state index is 11.9. The van der Waals surface area contributed by atoms with E-state index in [-0.39, 0.29) is 17.4 Å². The lowest BCUT2D eigenvalue weighted by Crippen LogP contribution is -2.12. The van der Waals surface area contributed by atoms with Crippen LogP contribution in [0.25, 0.3) is 17.0 Å². The highest BCUT2D eigenvalue weighted by atomic mass is 32.2. The van der Waals surface area contributed by atoms with Gasteiger partial charge in [-0.25, -0.2) is 9.78 Å². The van der Waals surface area contributed by atoms with Crippen LogP contribution in [-0.2, 0) is 27.3 Å². The first-order valence-electron chi connectivity index (χ1n) is 9.29. The third-order valence-corrected chi connectivity index (χ3v) is 5.00. The number of benzene rings is 1. The number of aliphatic carboxylic acids is 1. The van der Waals surface area contributed by atoms with Gasteiger partial charge < -0.3 is 14.4 Å². The molecule has 0 fully saturated rings. The van der Waals surface area contributed by atoms with Gasteiger partial charge in [-0.3, -0.25) is 9.89 Å². The number of ether oxygens (including phenoxy) is 1. The van der Waals surface area contributed by atoms with Crippen molar-refractivity contribution >= 4 is 40.7 Å². The quantitative estimate of drug-likeness (QED) is 0.313. The zero-order valence-electron chi connectivity index (χ0n) is 16.2. The summed E-state index contributed by atoms with van der Waals surface area (Å²) in [5.74, 6) is -0.689. The van der Waals surface area contributed by atoms with Crippen LogP contribution >= 0.6 is 11.8 Å². The third kappa shape index (κ3) is 5.05. The van der Waals surface area contributed by atoms with Gasteiger partial charge >= 0.3 is 11.9 Å². The molecule has 0 unspecified atom stereocenters. The van der Waals surface area contributed by atoms with Gasteiger partial charge in [0.05, 0.1) is 6.61 Å². The number of nitrogens with one attached hydrogen (secondary N) is 1. The number of aromatic amines is 1. The molecule has 2 N–H and O–H groups in total. The van der Waals surface area contributed by atoms with Crippen molar-refractivity contribution in [3.8, 4) is 0 Å². The molecule has 3 aromatic rings. The summed E-state index contributed by atoms with van der Waals surface area (Å²) in [6, 6.07) is 7.51. The zero-order chi connectivity index (χ0) is 20.8. The Morgan fingerprint density at radius 2 is 2.10 bits per heavy atom. The zero-order valence-corrected chi connectivity index (χ0v) is 17.0. The predicted molar refractivity (Wildman–Crippen MR) is 110 cm³/mol. The fraction of sp³-hybridized carbons (Fsp3) is 0.300. The summed E-state index contributed by atoms with van der Waals surface area (Å²) in [7, 11) is 0. The van der Waals surface area contributed by atoms with Crippen LogP contribution in [0.2, 0.25) is 0 Å². The first kappa shape index (κ1) is 20.7. The lowest BCUT2D eigenvalue weighted by Gasteiger charge is -2.04. The molecular weight excluding hydrogens is 392 g/mol.